The van der Waals surface area contributed by atoms with Crippen LogP contribution in [0.5, 0.6) is 0 Å². The summed E-state index contributed by atoms with van der Waals surface area (Å²) >= 11 is 0. The van der Waals surface area contributed by atoms with E-state index < -0.39 is 0 Å². The van der Waals surface area contributed by atoms with Crippen molar-refractivity contribution in [1.29, 1.82) is 0 Å². The van der Waals surface area contributed by atoms with Crippen molar-refractivity contribution < 1.29 is 20.1 Å². The van der Waals surface area contributed by atoms with Crippen LogP contribution in [0.2, 0.25) is 0 Å². The van der Waals surface area contributed by atoms with E-state index in [2.05, 4.69) is 82.4 Å². The van der Waals surface area contributed by atoms with Crippen LogP contribution in [-0.4, -0.2) is 4.98 Å². The molecular formula is C27H28IrN-. The molecule has 5 rings (SSSR count). The van der Waals surface area contributed by atoms with Gasteiger partial charge in [0.25, 0.3) is 0 Å². The van der Waals surface area contributed by atoms with E-state index in [1.807, 2.05) is 0 Å². The van der Waals surface area contributed by atoms with Crippen molar-refractivity contribution in [3.05, 3.63) is 88.1 Å². The molecule has 1 radical (unpaired) electrons. The van der Waals surface area contributed by atoms with Crippen LogP contribution >= 0.6 is 0 Å². The number of rotatable bonds is 1. The topological polar surface area (TPSA) is 12.9 Å². The smallest absolute Gasteiger partial charge is 0.0204 e. The second kappa shape index (κ2) is 7.18. The molecular weight excluding hydrogens is 531 g/mol. The second-order valence-corrected chi connectivity index (χ2v) is 9.51. The molecule has 0 fully saturated rings. The van der Waals surface area contributed by atoms with Crippen molar-refractivity contribution in [1.82, 2.24) is 4.98 Å². The van der Waals surface area contributed by atoms with Crippen LogP contribution in [0.1, 0.15) is 73.9 Å². The zero-order valence-electron chi connectivity index (χ0n) is 17.7. The molecule has 0 saturated heterocycles. The average molecular weight is 559 g/mol. The molecule has 0 spiro atoms. The Kier molecular flexibility index (Phi) is 5.08. The van der Waals surface area contributed by atoms with Gasteiger partial charge in [-0.3, -0.25) is 0 Å². The van der Waals surface area contributed by atoms with Crippen LogP contribution in [0.25, 0.3) is 11.3 Å². The van der Waals surface area contributed by atoms with Crippen LogP contribution in [0, 0.1) is 6.07 Å². The number of hydrogen-bond acceptors (Lipinski definition) is 1. The first-order valence-corrected chi connectivity index (χ1v) is 10.5. The Labute approximate surface area is 188 Å². The van der Waals surface area contributed by atoms with Gasteiger partial charge in [-0.1, -0.05) is 77.3 Å². The molecule has 0 bridgehead atoms. The zero-order chi connectivity index (χ0) is 19.5. The van der Waals surface area contributed by atoms with E-state index >= 15 is 0 Å². The van der Waals surface area contributed by atoms with Gasteiger partial charge in [0.05, 0.1) is 0 Å². The van der Waals surface area contributed by atoms with Crippen LogP contribution < -0.4 is 0 Å². The first-order chi connectivity index (χ1) is 13.4. The van der Waals surface area contributed by atoms with Gasteiger partial charge in [0.2, 0.25) is 0 Å². The number of fused-ring (bicyclic) bond motifs is 3. The quantitative estimate of drug-likeness (QED) is 0.316. The SMILES string of the molecule is CC1(C)c2ccccc2C(C)(C)c2cc(-c3[c-]cc4c(c3)CCCC4)ncc21.[Ir]. The van der Waals surface area contributed by atoms with Gasteiger partial charge in [0, 0.05) is 37.1 Å². The van der Waals surface area contributed by atoms with Crippen LogP contribution in [-0.2, 0) is 43.8 Å². The van der Waals surface area contributed by atoms with Gasteiger partial charge >= 0.3 is 0 Å². The van der Waals surface area contributed by atoms with Gasteiger partial charge in [0.1, 0.15) is 0 Å². The summed E-state index contributed by atoms with van der Waals surface area (Å²) in [6, 6.07) is 19.3. The van der Waals surface area contributed by atoms with Crippen molar-refractivity contribution in [2.75, 3.05) is 0 Å². The number of benzene rings is 2. The Morgan fingerprint density at radius 1 is 0.793 bits per heavy atom. The van der Waals surface area contributed by atoms with Gasteiger partial charge in [-0.2, -0.15) is 0 Å². The van der Waals surface area contributed by atoms with Crippen LogP contribution in [0.4, 0.5) is 0 Å². The molecule has 0 unspecified atom stereocenters. The Morgan fingerprint density at radius 3 is 2.10 bits per heavy atom. The number of aryl methyl sites for hydroxylation is 2. The van der Waals surface area contributed by atoms with Gasteiger partial charge in [-0.25, -0.2) is 0 Å². The third kappa shape index (κ3) is 3.12. The van der Waals surface area contributed by atoms with Gasteiger partial charge < -0.3 is 4.98 Å². The molecule has 2 heteroatoms. The van der Waals surface area contributed by atoms with E-state index in [0.29, 0.717) is 0 Å². The second-order valence-electron chi connectivity index (χ2n) is 9.51. The summed E-state index contributed by atoms with van der Waals surface area (Å²) in [4.78, 5) is 4.91. The molecule has 1 aromatic heterocycles. The maximum absolute atomic E-state index is 4.91. The van der Waals surface area contributed by atoms with E-state index in [1.54, 1.807) is 0 Å². The fourth-order valence-corrected chi connectivity index (χ4v) is 5.29. The third-order valence-electron chi connectivity index (χ3n) is 7.08. The number of pyridine rings is 1. The number of aromatic nitrogens is 1. The van der Waals surface area contributed by atoms with Crippen molar-refractivity contribution in [3.63, 3.8) is 0 Å². The fourth-order valence-electron chi connectivity index (χ4n) is 5.29. The summed E-state index contributed by atoms with van der Waals surface area (Å²) in [5, 5.41) is 0. The Balaban J connectivity index is 0.00000205. The molecule has 2 aromatic carbocycles. The zero-order valence-corrected chi connectivity index (χ0v) is 20.1. The molecule has 1 heterocycles. The van der Waals surface area contributed by atoms with E-state index in [1.165, 1.54) is 59.1 Å². The molecule has 0 atom stereocenters. The Morgan fingerprint density at radius 2 is 1.41 bits per heavy atom. The monoisotopic (exact) mass is 559 g/mol. The summed E-state index contributed by atoms with van der Waals surface area (Å²) < 4.78 is 0. The van der Waals surface area contributed by atoms with E-state index in [-0.39, 0.29) is 30.9 Å². The number of nitrogens with zero attached hydrogens (tertiary/aromatic N) is 1. The summed E-state index contributed by atoms with van der Waals surface area (Å²) in [6.07, 6.45) is 7.11. The molecule has 0 aliphatic heterocycles. The minimum Gasteiger partial charge on any atom is -0.304 e. The number of hydrogen-bond donors (Lipinski definition) is 0. The van der Waals surface area contributed by atoms with Gasteiger partial charge in [-0.15, -0.1) is 34.9 Å². The summed E-state index contributed by atoms with van der Waals surface area (Å²) in [5.41, 5.74) is 10.7. The molecule has 2 aliphatic carbocycles. The van der Waals surface area contributed by atoms with Crippen LogP contribution in [0.3, 0.4) is 0 Å². The van der Waals surface area contributed by atoms with Crippen molar-refractivity contribution in [3.8, 4) is 11.3 Å². The molecule has 0 saturated carbocycles. The predicted octanol–water partition coefficient (Wildman–Crippen LogP) is 6.39. The minimum atomic E-state index is -0.0352. The van der Waals surface area contributed by atoms with Gasteiger partial charge in [-0.05, 0) is 34.4 Å². The van der Waals surface area contributed by atoms with Gasteiger partial charge in [0.15, 0.2) is 0 Å². The van der Waals surface area contributed by atoms with Crippen molar-refractivity contribution in [2.45, 2.75) is 64.2 Å². The molecule has 1 nitrogen and oxygen atoms in total. The van der Waals surface area contributed by atoms with Crippen LogP contribution in [0.15, 0.2) is 48.7 Å². The maximum Gasteiger partial charge on any atom is 0.0204 e. The van der Waals surface area contributed by atoms with E-state index in [0.717, 1.165) is 11.3 Å². The standard InChI is InChI=1S/C27H28N.Ir/c1-26(2)21-11-7-8-12-22(21)27(3,4)24-17-28-25(16-23(24)26)20-14-13-18-9-5-6-10-19(18)15-20;/h7-8,11-13,15-17H,5-6,9-10H2,1-4H3;/q-1;. The largest absolute Gasteiger partial charge is 0.304 e. The molecule has 0 amide bonds. The first kappa shape index (κ1) is 20.5. The molecule has 151 valence electrons. The summed E-state index contributed by atoms with van der Waals surface area (Å²) in [5.74, 6) is 0. The third-order valence-corrected chi connectivity index (χ3v) is 7.08. The first-order valence-electron chi connectivity index (χ1n) is 10.5. The molecule has 2 aliphatic rings. The fraction of sp³-hybridized carbons (Fsp3) is 0.370. The van der Waals surface area contributed by atoms with E-state index in [9.17, 15) is 0 Å². The van der Waals surface area contributed by atoms with Crippen molar-refractivity contribution in [2.24, 2.45) is 0 Å². The summed E-state index contributed by atoms with van der Waals surface area (Å²) in [7, 11) is 0. The minimum absolute atomic E-state index is 0. The predicted molar refractivity (Wildman–Crippen MR) is 116 cm³/mol. The normalized spacial score (nSPS) is 18.1. The molecule has 29 heavy (non-hydrogen) atoms. The Hall–Kier alpha value is -1.76. The van der Waals surface area contributed by atoms with Crippen molar-refractivity contribution >= 4 is 0 Å². The maximum atomic E-state index is 4.91. The molecule has 3 aromatic rings. The Bertz CT molecular complexity index is 1080. The van der Waals surface area contributed by atoms with E-state index in [4.69, 9.17) is 4.98 Å². The molecule has 0 N–H and O–H groups in total. The summed E-state index contributed by atoms with van der Waals surface area (Å²) in [6.45, 7) is 9.35. The average Bonchev–Trinajstić information content (AvgIpc) is 2.72.